The first-order valence-corrected chi connectivity index (χ1v) is 7.41. The average Bonchev–Trinajstić information content (AvgIpc) is 2.37. The first-order valence-electron chi connectivity index (χ1n) is 6.36. The second-order valence-electron chi connectivity index (χ2n) is 4.02. The number of thioether (sulfide) groups is 1. The van der Waals surface area contributed by atoms with Crippen LogP contribution in [0.4, 0.5) is 0 Å². The molecule has 17 heavy (non-hydrogen) atoms. The van der Waals surface area contributed by atoms with E-state index < -0.39 is 12.2 Å². The summed E-state index contributed by atoms with van der Waals surface area (Å²) < 4.78 is 5.58. The zero-order valence-electron chi connectivity index (χ0n) is 10.8. The molecule has 3 N–H and O–H groups in total. The van der Waals surface area contributed by atoms with E-state index in [0.29, 0.717) is 0 Å². The van der Waals surface area contributed by atoms with Crippen molar-refractivity contribution >= 4 is 11.8 Å². The monoisotopic (exact) mass is 266 g/mol. The van der Waals surface area contributed by atoms with Crippen molar-refractivity contribution in [3.05, 3.63) is 0 Å². The van der Waals surface area contributed by atoms with Gasteiger partial charge >= 0.3 is 0 Å². The fourth-order valence-corrected chi connectivity index (χ4v) is 2.48. The summed E-state index contributed by atoms with van der Waals surface area (Å²) in [7, 11) is 0. The lowest BCUT2D eigenvalue weighted by molar-refractivity contribution is -0.0881. The van der Waals surface area contributed by atoms with Crippen LogP contribution in [0.1, 0.15) is 39.5 Å². The van der Waals surface area contributed by atoms with Crippen molar-refractivity contribution in [3.8, 4) is 0 Å². The molecule has 0 aromatic heterocycles. The third-order valence-electron chi connectivity index (χ3n) is 2.51. The maximum Gasteiger partial charge on any atom is 0.110 e. The van der Waals surface area contributed by atoms with Crippen LogP contribution in [0.2, 0.25) is 0 Å². The predicted octanol–water partition coefficient (Wildman–Crippen LogP) is 1.38. The zero-order chi connectivity index (χ0) is 13.1. The van der Waals surface area contributed by atoms with Gasteiger partial charge in [0.1, 0.15) is 17.6 Å². The molecule has 0 bridgehead atoms. The molecule has 0 heterocycles. The van der Waals surface area contributed by atoms with Crippen molar-refractivity contribution in [1.82, 2.24) is 0 Å². The molecule has 0 aromatic carbocycles. The van der Waals surface area contributed by atoms with Crippen LogP contribution in [0.25, 0.3) is 0 Å². The van der Waals surface area contributed by atoms with Gasteiger partial charge in [-0.3, -0.25) is 0 Å². The molecule has 0 aliphatic heterocycles. The van der Waals surface area contributed by atoms with Gasteiger partial charge in [0.25, 0.3) is 0 Å². The molecule has 5 heteroatoms. The standard InChI is InChI=1S/C12H26O4S/c1-3-5-6-7-17-12(4-2)16-11(9-14)10(15)8-13/h10-15H,3-9H2,1-2H3. The van der Waals surface area contributed by atoms with E-state index >= 15 is 0 Å². The van der Waals surface area contributed by atoms with Crippen LogP contribution in [0.15, 0.2) is 0 Å². The Hall–Kier alpha value is 0.190. The third kappa shape index (κ3) is 8.00. The highest BCUT2D eigenvalue weighted by atomic mass is 32.2. The maximum atomic E-state index is 9.43. The Labute approximate surface area is 108 Å². The molecule has 0 rings (SSSR count). The van der Waals surface area contributed by atoms with Gasteiger partial charge in [0.05, 0.1) is 13.2 Å². The minimum atomic E-state index is -1.01. The van der Waals surface area contributed by atoms with Gasteiger partial charge in [-0.2, -0.15) is 0 Å². The third-order valence-corrected chi connectivity index (χ3v) is 3.85. The van der Waals surface area contributed by atoms with Crippen LogP contribution in [-0.2, 0) is 4.74 Å². The number of ether oxygens (including phenoxy) is 1. The normalized spacial score (nSPS) is 16.8. The molecule has 0 aromatic rings. The Morgan fingerprint density at radius 2 is 1.82 bits per heavy atom. The minimum Gasteiger partial charge on any atom is -0.394 e. The molecule has 4 nitrogen and oxygen atoms in total. The molecule has 104 valence electrons. The lowest BCUT2D eigenvalue weighted by Crippen LogP contribution is -2.37. The van der Waals surface area contributed by atoms with Gasteiger partial charge < -0.3 is 20.1 Å². The number of rotatable bonds is 11. The molecule has 0 radical (unpaired) electrons. The number of hydrogen-bond donors (Lipinski definition) is 3. The summed E-state index contributed by atoms with van der Waals surface area (Å²) in [5.41, 5.74) is -0.0230. The summed E-state index contributed by atoms with van der Waals surface area (Å²) >= 11 is 1.71. The van der Waals surface area contributed by atoms with Crippen LogP contribution < -0.4 is 0 Å². The van der Waals surface area contributed by atoms with Crippen molar-refractivity contribution in [1.29, 1.82) is 0 Å². The van der Waals surface area contributed by atoms with Gasteiger partial charge in [-0.25, -0.2) is 0 Å². The molecular weight excluding hydrogens is 240 g/mol. The summed E-state index contributed by atoms with van der Waals surface area (Å²) in [6.45, 7) is 3.52. The second kappa shape index (κ2) is 11.3. The van der Waals surface area contributed by atoms with Gasteiger partial charge in [0, 0.05) is 0 Å². The van der Waals surface area contributed by atoms with E-state index in [4.69, 9.17) is 14.9 Å². The SMILES string of the molecule is CCCCCSC(CC)OC(CO)C(O)CO. The van der Waals surface area contributed by atoms with E-state index in [1.807, 2.05) is 6.92 Å². The van der Waals surface area contributed by atoms with Crippen molar-refractivity contribution < 1.29 is 20.1 Å². The second-order valence-corrected chi connectivity index (χ2v) is 5.29. The van der Waals surface area contributed by atoms with Crippen LogP contribution in [-0.4, -0.2) is 51.9 Å². The molecule has 0 fully saturated rings. The fraction of sp³-hybridized carbons (Fsp3) is 1.00. The van der Waals surface area contributed by atoms with Gasteiger partial charge in [-0.05, 0) is 18.6 Å². The first kappa shape index (κ1) is 17.2. The van der Waals surface area contributed by atoms with Gasteiger partial charge in [0.2, 0.25) is 0 Å². The van der Waals surface area contributed by atoms with E-state index in [0.717, 1.165) is 18.6 Å². The van der Waals surface area contributed by atoms with Crippen molar-refractivity contribution in [2.45, 2.75) is 57.2 Å². The predicted molar refractivity (Wildman–Crippen MR) is 71.1 cm³/mol. The van der Waals surface area contributed by atoms with E-state index in [2.05, 4.69) is 6.92 Å². The molecule has 3 unspecified atom stereocenters. The molecule has 0 aliphatic rings. The first-order chi connectivity index (χ1) is 8.19. The van der Waals surface area contributed by atoms with Crippen LogP contribution in [0.5, 0.6) is 0 Å². The maximum absolute atomic E-state index is 9.43. The molecule has 0 spiro atoms. The Bertz CT molecular complexity index is 169. The molecule has 0 amide bonds. The van der Waals surface area contributed by atoms with Gasteiger partial charge in [0.15, 0.2) is 0 Å². The van der Waals surface area contributed by atoms with E-state index in [1.165, 1.54) is 12.8 Å². The lowest BCUT2D eigenvalue weighted by atomic mass is 10.2. The lowest BCUT2D eigenvalue weighted by Gasteiger charge is -2.25. The number of unbranched alkanes of at least 4 members (excludes halogenated alkanes) is 2. The highest BCUT2D eigenvalue weighted by Crippen LogP contribution is 2.20. The summed E-state index contributed by atoms with van der Waals surface area (Å²) in [6, 6.07) is 0. The largest absolute Gasteiger partial charge is 0.394 e. The van der Waals surface area contributed by atoms with Gasteiger partial charge in [-0.15, -0.1) is 11.8 Å². The van der Waals surface area contributed by atoms with Crippen LogP contribution in [0, 0.1) is 0 Å². The van der Waals surface area contributed by atoms with E-state index in [9.17, 15) is 5.11 Å². The Morgan fingerprint density at radius 3 is 2.29 bits per heavy atom. The summed E-state index contributed by atoms with van der Waals surface area (Å²) in [5, 5.41) is 27.3. The highest BCUT2D eigenvalue weighted by molar-refractivity contribution is 7.99. The van der Waals surface area contributed by atoms with Crippen molar-refractivity contribution in [2.24, 2.45) is 0 Å². The summed E-state index contributed by atoms with van der Waals surface area (Å²) in [6.07, 6.45) is 2.69. The molecule has 0 saturated heterocycles. The Kier molecular flexibility index (Phi) is 11.4. The number of aliphatic hydroxyl groups excluding tert-OH is 3. The molecule has 3 atom stereocenters. The smallest absolute Gasteiger partial charge is 0.110 e. The number of aliphatic hydroxyl groups is 3. The topological polar surface area (TPSA) is 69.9 Å². The Balaban J connectivity index is 3.91. The van der Waals surface area contributed by atoms with E-state index in [-0.39, 0.29) is 18.6 Å². The summed E-state index contributed by atoms with van der Waals surface area (Å²) in [4.78, 5) is 0. The number of hydrogen-bond acceptors (Lipinski definition) is 5. The van der Waals surface area contributed by atoms with Crippen molar-refractivity contribution in [3.63, 3.8) is 0 Å². The minimum absolute atomic E-state index is 0.0230. The van der Waals surface area contributed by atoms with Crippen LogP contribution in [0.3, 0.4) is 0 Å². The average molecular weight is 266 g/mol. The molecule has 0 saturated carbocycles. The van der Waals surface area contributed by atoms with Crippen LogP contribution >= 0.6 is 11.8 Å². The summed E-state index contributed by atoms with van der Waals surface area (Å²) in [5.74, 6) is 1.03. The Morgan fingerprint density at radius 1 is 1.12 bits per heavy atom. The van der Waals surface area contributed by atoms with Crippen molar-refractivity contribution in [2.75, 3.05) is 19.0 Å². The zero-order valence-corrected chi connectivity index (χ0v) is 11.7. The fourth-order valence-electron chi connectivity index (χ4n) is 1.39. The van der Waals surface area contributed by atoms with E-state index in [1.54, 1.807) is 11.8 Å². The highest BCUT2D eigenvalue weighted by Gasteiger charge is 2.22. The van der Waals surface area contributed by atoms with Gasteiger partial charge in [-0.1, -0.05) is 26.7 Å². The molecular formula is C12H26O4S. The molecule has 0 aliphatic carbocycles. The quantitative estimate of drug-likeness (QED) is 0.389.